The Morgan fingerprint density at radius 3 is 2.20 bits per heavy atom. The number of hydrogen-bond acceptors (Lipinski definition) is 3. The second kappa shape index (κ2) is 8.21. The van der Waals surface area contributed by atoms with E-state index in [9.17, 15) is 13.2 Å². The van der Waals surface area contributed by atoms with Crippen LogP contribution in [0.1, 0.15) is 51.0 Å². The van der Waals surface area contributed by atoms with Crippen molar-refractivity contribution in [2.45, 2.75) is 64.5 Å². The summed E-state index contributed by atoms with van der Waals surface area (Å²) in [5.41, 5.74) is 1.60. The van der Waals surface area contributed by atoms with Crippen LogP contribution >= 0.6 is 0 Å². The molecule has 1 atom stereocenters. The first kappa shape index (κ1) is 19.8. The molecule has 1 aliphatic carbocycles. The Kier molecular flexibility index (Phi) is 6.49. The molecule has 25 heavy (non-hydrogen) atoms. The Morgan fingerprint density at radius 1 is 1.16 bits per heavy atom. The number of likely N-dealkylation sites (N-methyl/N-ethyl adjacent to an activating group) is 1. The van der Waals surface area contributed by atoms with Gasteiger partial charge in [0.25, 0.3) is 0 Å². The van der Waals surface area contributed by atoms with Gasteiger partial charge in [0.05, 0.1) is 11.9 Å². The summed E-state index contributed by atoms with van der Waals surface area (Å²) in [4.78, 5) is 14.9. The quantitative estimate of drug-likeness (QED) is 0.776. The lowest BCUT2D eigenvalue weighted by molar-refractivity contribution is -0.133. The van der Waals surface area contributed by atoms with Gasteiger partial charge >= 0.3 is 0 Å². The summed E-state index contributed by atoms with van der Waals surface area (Å²) in [5, 5.41) is 0. The van der Waals surface area contributed by atoms with Crippen LogP contribution in [-0.2, 0) is 14.8 Å². The Morgan fingerprint density at radius 2 is 1.72 bits per heavy atom. The fraction of sp³-hybridized carbons (Fsp3) is 0.632. The zero-order chi connectivity index (χ0) is 18.6. The van der Waals surface area contributed by atoms with Crippen molar-refractivity contribution in [2.24, 2.45) is 0 Å². The lowest BCUT2D eigenvalue weighted by Gasteiger charge is -2.37. The number of amides is 1. The van der Waals surface area contributed by atoms with Gasteiger partial charge in [0.15, 0.2) is 0 Å². The van der Waals surface area contributed by atoms with Crippen molar-refractivity contribution in [3.63, 3.8) is 0 Å². The third-order valence-corrected chi connectivity index (χ3v) is 6.25. The molecule has 1 amide bonds. The number of carbonyl (C=O) groups excluding carboxylic acids is 1. The van der Waals surface area contributed by atoms with Crippen molar-refractivity contribution in [1.29, 1.82) is 0 Å². The van der Waals surface area contributed by atoms with Crippen LogP contribution in [0.4, 0.5) is 5.69 Å². The highest BCUT2D eigenvalue weighted by molar-refractivity contribution is 7.92. The number of benzene rings is 1. The second-order valence-corrected chi connectivity index (χ2v) is 8.92. The van der Waals surface area contributed by atoms with Crippen LogP contribution in [0.25, 0.3) is 0 Å². The fourth-order valence-corrected chi connectivity index (χ4v) is 4.82. The Balaban J connectivity index is 2.32. The molecule has 1 saturated carbocycles. The fourth-order valence-electron chi connectivity index (χ4n) is 3.62. The standard InChI is InChI=1S/C19H30N2O3S/c1-5-18(19(22)20(3)16-9-7-6-8-10-16)21(25(4,23)24)17-13-11-15(2)12-14-17/h11-14,16,18H,5-10H2,1-4H3/t18-/m0/s1. The smallest absolute Gasteiger partial charge is 0.246 e. The minimum Gasteiger partial charge on any atom is -0.341 e. The van der Waals surface area contributed by atoms with Crippen LogP contribution in [-0.4, -0.2) is 44.6 Å². The molecule has 140 valence electrons. The zero-order valence-electron chi connectivity index (χ0n) is 15.7. The molecule has 6 heteroatoms. The van der Waals surface area contributed by atoms with E-state index in [1.54, 1.807) is 17.0 Å². The van der Waals surface area contributed by atoms with Crippen molar-refractivity contribution in [3.8, 4) is 0 Å². The molecule has 1 aromatic carbocycles. The summed E-state index contributed by atoms with van der Waals surface area (Å²) < 4.78 is 26.2. The van der Waals surface area contributed by atoms with Crippen LogP contribution < -0.4 is 4.31 Å². The monoisotopic (exact) mass is 366 g/mol. The Labute approximate surface area is 152 Å². The maximum atomic E-state index is 13.1. The van der Waals surface area contributed by atoms with E-state index in [4.69, 9.17) is 0 Å². The zero-order valence-corrected chi connectivity index (χ0v) is 16.6. The van der Waals surface area contributed by atoms with Gasteiger partial charge in [-0.2, -0.15) is 0 Å². The predicted molar refractivity (Wildman–Crippen MR) is 102 cm³/mol. The summed E-state index contributed by atoms with van der Waals surface area (Å²) in [5.74, 6) is -0.111. The van der Waals surface area contributed by atoms with Gasteiger partial charge in [-0.3, -0.25) is 9.10 Å². The Bertz CT molecular complexity index is 679. The van der Waals surface area contributed by atoms with E-state index in [1.165, 1.54) is 17.0 Å². The van der Waals surface area contributed by atoms with Gasteiger partial charge in [0.1, 0.15) is 6.04 Å². The van der Waals surface area contributed by atoms with E-state index >= 15 is 0 Å². The highest BCUT2D eigenvalue weighted by atomic mass is 32.2. The third kappa shape index (κ3) is 4.75. The van der Waals surface area contributed by atoms with Gasteiger partial charge in [-0.15, -0.1) is 0 Å². The first-order valence-corrected chi connectivity index (χ1v) is 10.9. The molecule has 1 fully saturated rings. The molecule has 0 N–H and O–H groups in total. The first-order valence-electron chi connectivity index (χ1n) is 9.08. The summed E-state index contributed by atoms with van der Waals surface area (Å²) >= 11 is 0. The van der Waals surface area contributed by atoms with Gasteiger partial charge < -0.3 is 4.90 Å². The topological polar surface area (TPSA) is 57.7 Å². The van der Waals surface area contributed by atoms with Crippen molar-refractivity contribution in [2.75, 3.05) is 17.6 Å². The van der Waals surface area contributed by atoms with E-state index in [-0.39, 0.29) is 11.9 Å². The normalized spacial score (nSPS) is 17.1. The lowest BCUT2D eigenvalue weighted by Crippen LogP contribution is -2.52. The van der Waals surface area contributed by atoms with E-state index in [0.29, 0.717) is 12.1 Å². The van der Waals surface area contributed by atoms with Crippen LogP contribution in [0.3, 0.4) is 0 Å². The predicted octanol–water partition coefficient (Wildman–Crippen LogP) is 3.33. The molecule has 5 nitrogen and oxygen atoms in total. The molecule has 0 spiro atoms. The summed E-state index contributed by atoms with van der Waals surface area (Å²) in [6.07, 6.45) is 7.10. The molecule has 1 aromatic rings. The first-order chi connectivity index (χ1) is 11.8. The largest absolute Gasteiger partial charge is 0.341 e. The summed E-state index contributed by atoms with van der Waals surface area (Å²) in [7, 11) is -1.75. The molecule has 0 aromatic heterocycles. The van der Waals surface area contributed by atoms with E-state index in [0.717, 1.165) is 31.2 Å². The number of sulfonamides is 1. The summed E-state index contributed by atoms with van der Waals surface area (Å²) in [6.45, 7) is 3.82. The highest BCUT2D eigenvalue weighted by Crippen LogP contribution is 2.27. The maximum absolute atomic E-state index is 13.1. The van der Waals surface area contributed by atoms with Crippen LogP contribution in [0.5, 0.6) is 0 Å². The van der Waals surface area contributed by atoms with Crippen molar-refractivity contribution in [3.05, 3.63) is 29.8 Å². The van der Waals surface area contributed by atoms with E-state index in [1.807, 2.05) is 33.0 Å². The second-order valence-electron chi connectivity index (χ2n) is 7.06. The van der Waals surface area contributed by atoms with Gasteiger partial charge in [-0.05, 0) is 38.3 Å². The number of nitrogens with zero attached hydrogens (tertiary/aromatic N) is 2. The minimum absolute atomic E-state index is 0.111. The van der Waals surface area contributed by atoms with Crippen LogP contribution in [0.2, 0.25) is 0 Å². The van der Waals surface area contributed by atoms with E-state index in [2.05, 4.69) is 0 Å². The molecular formula is C19H30N2O3S. The average Bonchev–Trinajstić information content (AvgIpc) is 2.59. The molecule has 0 radical (unpaired) electrons. The molecular weight excluding hydrogens is 336 g/mol. The Hall–Kier alpha value is -1.56. The van der Waals surface area contributed by atoms with Gasteiger partial charge in [-0.25, -0.2) is 8.42 Å². The van der Waals surface area contributed by atoms with Crippen LogP contribution in [0, 0.1) is 6.92 Å². The average molecular weight is 367 g/mol. The number of aryl methyl sites for hydroxylation is 1. The van der Waals surface area contributed by atoms with Crippen molar-refractivity contribution >= 4 is 21.6 Å². The number of rotatable bonds is 6. The van der Waals surface area contributed by atoms with E-state index < -0.39 is 16.1 Å². The number of carbonyl (C=O) groups is 1. The molecule has 1 aliphatic rings. The van der Waals surface area contributed by atoms with Gasteiger partial charge in [-0.1, -0.05) is 43.9 Å². The van der Waals surface area contributed by atoms with Crippen molar-refractivity contribution < 1.29 is 13.2 Å². The molecule has 0 bridgehead atoms. The number of anilines is 1. The van der Waals surface area contributed by atoms with Gasteiger partial charge in [0.2, 0.25) is 15.9 Å². The summed E-state index contributed by atoms with van der Waals surface area (Å²) in [6, 6.07) is 6.80. The SMILES string of the molecule is CC[C@@H](C(=O)N(C)C1CCCCC1)N(c1ccc(C)cc1)S(C)(=O)=O. The number of hydrogen-bond donors (Lipinski definition) is 0. The van der Waals surface area contributed by atoms with Crippen molar-refractivity contribution in [1.82, 2.24) is 4.90 Å². The molecule has 2 rings (SSSR count). The highest BCUT2D eigenvalue weighted by Gasteiger charge is 2.35. The lowest BCUT2D eigenvalue weighted by atomic mass is 9.94. The molecule has 0 unspecified atom stereocenters. The third-order valence-electron chi connectivity index (χ3n) is 5.07. The molecule has 0 aliphatic heterocycles. The maximum Gasteiger partial charge on any atom is 0.246 e. The van der Waals surface area contributed by atoms with Crippen LogP contribution in [0.15, 0.2) is 24.3 Å². The molecule has 0 saturated heterocycles. The molecule has 0 heterocycles. The van der Waals surface area contributed by atoms with Gasteiger partial charge in [0, 0.05) is 13.1 Å². The minimum atomic E-state index is -3.57.